The Morgan fingerprint density at radius 3 is 2.36 bits per heavy atom. The van der Waals surface area contributed by atoms with Crippen molar-refractivity contribution in [2.75, 3.05) is 6.61 Å². The maximum atomic E-state index is 5.93. The second kappa shape index (κ2) is 6.95. The van der Waals surface area contributed by atoms with Gasteiger partial charge in [-0.05, 0) is 43.7 Å². The summed E-state index contributed by atoms with van der Waals surface area (Å²) >= 11 is 0. The van der Waals surface area contributed by atoms with Crippen LogP contribution in [0.3, 0.4) is 0 Å². The van der Waals surface area contributed by atoms with Crippen molar-refractivity contribution < 1.29 is 4.74 Å². The van der Waals surface area contributed by atoms with Crippen molar-refractivity contribution in [3.05, 3.63) is 48.2 Å². The van der Waals surface area contributed by atoms with Crippen molar-refractivity contribution in [2.45, 2.75) is 39.5 Å². The molecule has 0 saturated heterocycles. The summed E-state index contributed by atoms with van der Waals surface area (Å²) in [6.45, 7) is 5.28. The van der Waals surface area contributed by atoms with E-state index < -0.39 is 0 Å². The number of aromatic nitrogens is 1. The van der Waals surface area contributed by atoms with Crippen molar-refractivity contribution in [3.63, 3.8) is 0 Å². The average molecular weight is 295 g/mol. The van der Waals surface area contributed by atoms with Gasteiger partial charge in [-0.2, -0.15) is 0 Å². The number of nitrogens with zero attached hydrogens (tertiary/aromatic N) is 1. The highest BCUT2D eigenvalue weighted by Gasteiger charge is 2.18. The van der Waals surface area contributed by atoms with Gasteiger partial charge in [-0.25, -0.2) is 0 Å². The SMILES string of the molecule is Cc1ccc(-c2ccc(OCC3CCC(C)CC3)cn2)cc1. The molecule has 2 aromatic rings. The summed E-state index contributed by atoms with van der Waals surface area (Å²) in [5, 5.41) is 0. The summed E-state index contributed by atoms with van der Waals surface area (Å²) in [5.41, 5.74) is 3.42. The van der Waals surface area contributed by atoms with E-state index in [1.165, 1.54) is 31.2 Å². The number of hydrogen-bond acceptors (Lipinski definition) is 2. The second-order valence-corrected chi connectivity index (χ2v) is 6.68. The highest BCUT2D eigenvalue weighted by atomic mass is 16.5. The van der Waals surface area contributed by atoms with Gasteiger partial charge in [0.1, 0.15) is 5.75 Å². The van der Waals surface area contributed by atoms with E-state index in [1.54, 1.807) is 0 Å². The second-order valence-electron chi connectivity index (χ2n) is 6.68. The van der Waals surface area contributed by atoms with Crippen LogP contribution < -0.4 is 4.74 Å². The summed E-state index contributed by atoms with van der Waals surface area (Å²) in [6.07, 6.45) is 7.14. The average Bonchev–Trinajstić information content (AvgIpc) is 2.56. The van der Waals surface area contributed by atoms with Crippen molar-refractivity contribution in [3.8, 4) is 17.0 Å². The minimum atomic E-state index is 0.716. The minimum Gasteiger partial charge on any atom is -0.492 e. The molecule has 0 atom stereocenters. The molecule has 0 unspecified atom stereocenters. The Bertz CT molecular complexity index is 580. The predicted octanol–water partition coefficient (Wildman–Crippen LogP) is 5.26. The first-order valence-electron chi connectivity index (χ1n) is 8.36. The van der Waals surface area contributed by atoms with Gasteiger partial charge in [0, 0.05) is 5.56 Å². The molecule has 1 aliphatic carbocycles. The predicted molar refractivity (Wildman–Crippen MR) is 91.0 cm³/mol. The summed E-state index contributed by atoms with van der Waals surface area (Å²) in [7, 11) is 0. The van der Waals surface area contributed by atoms with E-state index in [1.807, 2.05) is 18.3 Å². The zero-order chi connectivity index (χ0) is 15.4. The molecule has 2 nitrogen and oxygen atoms in total. The Morgan fingerprint density at radius 1 is 1.00 bits per heavy atom. The zero-order valence-electron chi connectivity index (χ0n) is 13.6. The third-order valence-corrected chi connectivity index (χ3v) is 4.70. The fourth-order valence-electron chi connectivity index (χ4n) is 3.07. The Balaban J connectivity index is 1.56. The Morgan fingerprint density at radius 2 is 1.73 bits per heavy atom. The van der Waals surface area contributed by atoms with Crippen LogP contribution in [0, 0.1) is 18.8 Å². The number of benzene rings is 1. The summed E-state index contributed by atoms with van der Waals surface area (Å²) in [5.74, 6) is 2.49. The molecule has 0 radical (unpaired) electrons. The van der Waals surface area contributed by atoms with Gasteiger partial charge < -0.3 is 4.74 Å². The molecular weight excluding hydrogens is 270 g/mol. The first-order chi connectivity index (χ1) is 10.7. The molecule has 1 heterocycles. The number of ether oxygens (including phenoxy) is 1. The fraction of sp³-hybridized carbons (Fsp3) is 0.450. The molecule has 0 spiro atoms. The summed E-state index contributed by atoms with van der Waals surface area (Å²) in [4.78, 5) is 4.53. The number of rotatable bonds is 4. The van der Waals surface area contributed by atoms with Gasteiger partial charge in [0.15, 0.2) is 0 Å². The highest BCUT2D eigenvalue weighted by Crippen LogP contribution is 2.29. The molecule has 22 heavy (non-hydrogen) atoms. The van der Waals surface area contributed by atoms with E-state index in [4.69, 9.17) is 4.74 Å². The molecule has 1 saturated carbocycles. The molecule has 1 aromatic heterocycles. The minimum absolute atomic E-state index is 0.716. The van der Waals surface area contributed by atoms with E-state index in [-0.39, 0.29) is 0 Å². The van der Waals surface area contributed by atoms with Gasteiger partial charge in [-0.3, -0.25) is 4.98 Å². The van der Waals surface area contributed by atoms with Crippen LogP contribution in [-0.4, -0.2) is 11.6 Å². The molecule has 116 valence electrons. The van der Waals surface area contributed by atoms with Crippen LogP contribution in [0.4, 0.5) is 0 Å². The summed E-state index contributed by atoms with van der Waals surface area (Å²) in [6, 6.07) is 12.5. The largest absolute Gasteiger partial charge is 0.492 e. The summed E-state index contributed by atoms with van der Waals surface area (Å²) < 4.78 is 5.93. The maximum absolute atomic E-state index is 5.93. The topological polar surface area (TPSA) is 22.1 Å². The van der Waals surface area contributed by atoms with E-state index >= 15 is 0 Å². The van der Waals surface area contributed by atoms with E-state index in [0.717, 1.165) is 29.5 Å². The lowest BCUT2D eigenvalue weighted by molar-refractivity contribution is 0.187. The quantitative estimate of drug-likeness (QED) is 0.767. The molecule has 1 fully saturated rings. The van der Waals surface area contributed by atoms with Crippen LogP contribution in [0.5, 0.6) is 5.75 Å². The number of hydrogen-bond donors (Lipinski definition) is 0. The van der Waals surface area contributed by atoms with Gasteiger partial charge in [-0.1, -0.05) is 49.6 Å². The van der Waals surface area contributed by atoms with Gasteiger partial charge in [0.25, 0.3) is 0 Å². The Labute approximate surface area is 133 Å². The first kappa shape index (κ1) is 15.1. The van der Waals surface area contributed by atoms with Crippen LogP contribution in [0.25, 0.3) is 11.3 Å². The zero-order valence-corrected chi connectivity index (χ0v) is 13.6. The molecule has 2 heteroatoms. The van der Waals surface area contributed by atoms with Crippen molar-refractivity contribution in [1.82, 2.24) is 4.98 Å². The van der Waals surface area contributed by atoms with Gasteiger partial charge in [0.2, 0.25) is 0 Å². The molecule has 0 amide bonds. The molecule has 1 aliphatic rings. The van der Waals surface area contributed by atoms with Crippen molar-refractivity contribution >= 4 is 0 Å². The standard InChI is InChI=1S/C20H25NO/c1-15-3-7-17(8-4-15)14-22-19-11-12-20(21-13-19)18-9-5-16(2)6-10-18/h5-6,9-13,15,17H,3-4,7-8,14H2,1-2H3. The Kier molecular flexibility index (Phi) is 4.77. The molecule has 0 bridgehead atoms. The van der Waals surface area contributed by atoms with Crippen LogP contribution >= 0.6 is 0 Å². The van der Waals surface area contributed by atoms with Crippen LogP contribution in [0.1, 0.15) is 38.2 Å². The number of pyridine rings is 1. The highest BCUT2D eigenvalue weighted by molar-refractivity contribution is 5.59. The smallest absolute Gasteiger partial charge is 0.137 e. The van der Waals surface area contributed by atoms with E-state index in [9.17, 15) is 0 Å². The first-order valence-corrected chi connectivity index (χ1v) is 8.36. The molecule has 0 aliphatic heterocycles. The lowest BCUT2D eigenvalue weighted by Gasteiger charge is -2.25. The maximum Gasteiger partial charge on any atom is 0.137 e. The Hall–Kier alpha value is -1.83. The third-order valence-electron chi connectivity index (χ3n) is 4.70. The van der Waals surface area contributed by atoms with Gasteiger partial charge in [-0.15, -0.1) is 0 Å². The lowest BCUT2D eigenvalue weighted by atomic mass is 9.83. The normalized spacial score (nSPS) is 21.5. The van der Waals surface area contributed by atoms with Crippen LogP contribution in [0.2, 0.25) is 0 Å². The van der Waals surface area contributed by atoms with Crippen LogP contribution in [-0.2, 0) is 0 Å². The molecule has 0 N–H and O–H groups in total. The molecule has 3 rings (SSSR count). The fourth-order valence-corrected chi connectivity index (χ4v) is 3.07. The van der Waals surface area contributed by atoms with Crippen LogP contribution in [0.15, 0.2) is 42.6 Å². The molecule has 1 aromatic carbocycles. The third kappa shape index (κ3) is 3.88. The van der Waals surface area contributed by atoms with E-state index in [0.29, 0.717) is 5.92 Å². The monoisotopic (exact) mass is 295 g/mol. The lowest BCUT2D eigenvalue weighted by Crippen LogP contribution is -2.18. The van der Waals surface area contributed by atoms with Gasteiger partial charge in [0.05, 0.1) is 18.5 Å². The molecular formula is C20H25NO. The van der Waals surface area contributed by atoms with Crippen molar-refractivity contribution in [2.24, 2.45) is 11.8 Å². The van der Waals surface area contributed by atoms with E-state index in [2.05, 4.69) is 43.1 Å². The van der Waals surface area contributed by atoms with Crippen molar-refractivity contribution in [1.29, 1.82) is 0 Å². The number of aryl methyl sites for hydroxylation is 1. The van der Waals surface area contributed by atoms with Gasteiger partial charge >= 0.3 is 0 Å².